The van der Waals surface area contributed by atoms with Crippen LogP contribution in [0.15, 0.2) is 60.4 Å². The van der Waals surface area contributed by atoms with E-state index in [0.29, 0.717) is 17.8 Å². The van der Waals surface area contributed by atoms with Gasteiger partial charge in [-0.2, -0.15) is 10.1 Å². The highest BCUT2D eigenvalue weighted by atomic mass is 16.3. The largest absolute Gasteiger partial charge is 0.512 e. The minimum atomic E-state index is -0.745. The third kappa shape index (κ3) is 5.37. The maximum Gasteiger partial charge on any atom is 0.281 e. The molecule has 0 aliphatic rings. The highest BCUT2D eigenvalue weighted by Crippen LogP contribution is 2.33. The SMILES string of the molecule is C=C(O)C(C)(C)Cn1cc(C(=O)N=C(N)C(C)(c2ccc(-c3cnc(N)nc3)nc2)C(C)C)cn1. The van der Waals surface area contributed by atoms with Gasteiger partial charge in [0.25, 0.3) is 5.91 Å². The Labute approximate surface area is 204 Å². The van der Waals surface area contributed by atoms with Crippen molar-refractivity contribution in [3.05, 3.63) is 66.6 Å². The molecule has 0 aliphatic carbocycles. The van der Waals surface area contributed by atoms with E-state index < -0.39 is 16.7 Å². The Hall–Kier alpha value is -4.08. The molecular formula is C25H32N8O2. The van der Waals surface area contributed by atoms with Gasteiger partial charge in [-0.3, -0.25) is 14.5 Å². The van der Waals surface area contributed by atoms with Gasteiger partial charge < -0.3 is 16.6 Å². The Balaban J connectivity index is 1.86. The van der Waals surface area contributed by atoms with Crippen LogP contribution in [0.25, 0.3) is 11.3 Å². The minimum absolute atomic E-state index is 0.0191. The summed E-state index contributed by atoms with van der Waals surface area (Å²) in [7, 11) is 0. The number of carbonyl (C=O) groups is 1. The van der Waals surface area contributed by atoms with Crippen LogP contribution in [0, 0.1) is 11.3 Å². The molecule has 1 amide bonds. The van der Waals surface area contributed by atoms with Crippen molar-refractivity contribution in [2.24, 2.45) is 22.1 Å². The Morgan fingerprint density at radius 2 is 1.80 bits per heavy atom. The molecule has 0 fully saturated rings. The highest BCUT2D eigenvalue weighted by Gasteiger charge is 2.36. The third-order valence-corrected chi connectivity index (χ3v) is 6.46. The molecule has 3 heterocycles. The maximum atomic E-state index is 12.9. The number of amides is 1. The van der Waals surface area contributed by atoms with E-state index in [9.17, 15) is 9.90 Å². The number of aromatic nitrogens is 5. The molecule has 1 unspecified atom stereocenters. The van der Waals surface area contributed by atoms with E-state index in [1.807, 2.05) is 46.8 Å². The van der Waals surface area contributed by atoms with Gasteiger partial charge in [0.15, 0.2) is 0 Å². The van der Waals surface area contributed by atoms with Crippen LogP contribution >= 0.6 is 0 Å². The number of nitrogens with two attached hydrogens (primary N) is 2. The van der Waals surface area contributed by atoms with Gasteiger partial charge in [-0.25, -0.2) is 9.97 Å². The van der Waals surface area contributed by atoms with Crippen LogP contribution in [0.5, 0.6) is 0 Å². The lowest BCUT2D eigenvalue weighted by Gasteiger charge is -2.33. The molecule has 0 spiro atoms. The Kier molecular flexibility index (Phi) is 7.04. The van der Waals surface area contributed by atoms with Crippen LogP contribution in [0.1, 0.15) is 50.5 Å². The first-order valence-corrected chi connectivity index (χ1v) is 11.2. The van der Waals surface area contributed by atoms with Crippen LogP contribution in [-0.4, -0.2) is 41.6 Å². The molecule has 184 valence electrons. The number of hydrogen-bond acceptors (Lipinski definition) is 7. The first-order chi connectivity index (χ1) is 16.3. The van der Waals surface area contributed by atoms with Crippen LogP contribution in [0.2, 0.25) is 0 Å². The number of anilines is 1. The lowest BCUT2D eigenvalue weighted by atomic mass is 9.73. The molecule has 3 aromatic rings. The zero-order valence-corrected chi connectivity index (χ0v) is 20.7. The van der Waals surface area contributed by atoms with Crippen molar-refractivity contribution in [3.8, 4) is 11.3 Å². The van der Waals surface area contributed by atoms with Crippen LogP contribution in [-0.2, 0) is 12.0 Å². The van der Waals surface area contributed by atoms with Crippen molar-refractivity contribution in [1.82, 2.24) is 24.7 Å². The molecule has 0 bridgehead atoms. The van der Waals surface area contributed by atoms with Gasteiger partial charge in [0.2, 0.25) is 5.95 Å². The van der Waals surface area contributed by atoms with Gasteiger partial charge in [-0.15, -0.1) is 0 Å². The lowest BCUT2D eigenvalue weighted by Crippen LogP contribution is -2.43. The summed E-state index contributed by atoms with van der Waals surface area (Å²) in [6.07, 6.45) is 7.96. The van der Waals surface area contributed by atoms with Gasteiger partial charge >= 0.3 is 0 Å². The minimum Gasteiger partial charge on any atom is -0.512 e. The number of amidine groups is 1. The van der Waals surface area contributed by atoms with Gasteiger partial charge in [0, 0.05) is 35.8 Å². The van der Waals surface area contributed by atoms with Crippen molar-refractivity contribution in [3.63, 3.8) is 0 Å². The van der Waals surface area contributed by atoms with E-state index in [2.05, 4.69) is 31.6 Å². The predicted octanol–water partition coefficient (Wildman–Crippen LogP) is 3.53. The van der Waals surface area contributed by atoms with Crippen molar-refractivity contribution >= 4 is 17.7 Å². The predicted molar refractivity (Wildman–Crippen MR) is 136 cm³/mol. The number of aliphatic hydroxyl groups excluding tert-OH is 1. The lowest BCUT2D eigenvalue weighted by molar-refractivity contribution is 0.100. The van der Waals surface area contributed by atoms with E-state index in [0.717, 1.165) is 11.1 Å². The number of pyridine rings is 1. The topological polar surface area (TPSA) is 158 Å². The van der Waals surface area contributed by atoms with Crippen molar-refractivity contribution in [2.75, 3.05) is 5.73 Å². The zero-order chi connectivity index (χ0) is 26.0. The molecule has 0 aromatic carbocycles. The van der Waals surface area contributed by atoms with Gasteiger partial charge in [-0.05, 0) is 24.5 Å². The second-order valence-corrected chi connectivity index (χ2v) is 9.68. The summed E-state index contributed by atoms with van der Waals surface area (Å²) in [6, 6.07) is 3.76. The number of aliphatic hydroxyl groups is 1. The van der Waals surface area contributed by atoms with E-state index in [4.69, 9.17) is 11.5 Å². The highest BCUT2D eigenvalue weighted by molar-refractivity contribution is 6.05. The van der Waals surface area contributed by atoms with Crippen LogP contribution in [0.3, 0.4) is 0 Å². The first-order valence-electron chi connectivity index (χ1n) is 11.2. The molecule has 10 nitrogen and oxygen atoms in total. The van der Waals surface area contributed by atoms with Crippen molar-refractivity contribution in [1.29, 1.82) is 0 Å². The summed E-state index contributed by atoms with van der Waals surface area (Å²) in [4.78, 5) is 29.7. The Morgan fingerprint density at radius 3 is 2.34 bits per heavy atom. The fraction of sp³-hybridized carbons (Fsp3) is 0.360. The molecule has 35 heavy (non-hydrogen) atoms. The fourth-order valence-corrected chi connectivity index (χ4v) is 3.47. The number of nitrogen functional groups attached to an aromatic ring is 1. The molecule has 0 aliphatic heterocycles. The summed E-state index contributed by atoms with van der Waals surface area (Å²) >= 11 is 0. The number of allylic oxidation sites excluding steroid dienone is 1. The first kappa shape index (κ1) is 25.5. The van der Waals surface area contributed by atoms with Gasteiger partial charge in [0.1, 0.15) is 5.84 Å². The molecule has 10 heteroatoms. The quantitative estimate of drug-likeness (QED) is 0.253. The fourth-order valence-electron chi connectivity index (χ4n) is 3.47. The number of rotatable bonds is 8. The van der Waals surface area contributed by atoms with E-state index in [-0.39, 0.29) is 23.5 Å². The monoisotopic (exact) mass is 476 g/mol. The smallest absolute Gasteiger partial charge is 0.281 e. The molecular weight excluding hydrogens is 444 g/mol. The van der Waals surface area contributed by atoms with Gasteiger partial charge in [0.05, 0.1) is 35.2 Å². The average Bonchev–Trinajstić information content (AvgIpc) is 3.26. The second-order valence-electron chi connectivity index (χ2n) is 9.68. The number of aliphatic imine (C=N–C) groups is 1. The van der Waals surface area contributed by atoms with Crippen molar-refractivity contribution in [2.45, 2.75) is 46.6 Å². The summed E-state index contributed by atoms with van der Waals surface area (Å²) < 4.78 is 1.57. The molecule has 5 N–H and O–H groups in total. The average molecular weight is 477 g/mol. The zero-order valence-electron chi connectivity index (χ0n) is 20.7. The standard InChI is InChI=1S/C25H32N8O2/c1-15(2)25(6,19-7-8-20(28-12-19)17-9-29-23(27)30-10-17)22(26)32-21(35)18-11-31-33(13-18)14-24(4,5)16(3)34/h7-13,15,34H,3,14H2,1-2,4-6H3,(H2,26,32,35)(H2,27,29,30). The van der Waals surface area contributed by atoms with Gasteiger partial charge in [-0.1, -0.05) is 40.3 Å². The van der Waals surface area contributed by atoms with Crippen LogP contribution < -0.4 is 11.5 Å². The Morgan fingerprint density at radius 1 is 1.14 bits per heavy atom. The molecule has 0 saturated carbocycles. The molecule has 0 saturated heterocycles. The number of hydrogen-bond donors (Lipinski definition) is 3. The number of nitrogens with zero attached hydrogens (tertiary/aromatic N) is 6. The maximum absolute atomic E-state index is 12.9. The second kappa shape index (κ2) is 9.65. The third-order valence-electron chi connectivity index (χ3n) is 6.46. The summed E-state index contributed by atoms with van der Waals surface area (Å²) in [5, 5.41) is 14.0. The summed E-state index contributed by atoms with van der Waals surface area (Å²) in [5.74, 6) is -0.0610. The summed E-state index contributed by atoms with van der Waals surface area (Å²) in [5.41, 5.74) is 13.2. The van der Waals surface area contributed by atoms with E-state index >= 15 is 0 Å². The molecule has 1 atom stereocenters. The number of carbonyl (C=O) groups excluding carboxylic acids is 1. The van der Waals surface area contributed by atoms with E-state index in [1.54, 1.807) is 29.5 Å². The molecule has 3 aromatic heterocycles. The molecule has 3 rings (SSSR count). The van der Waals surface area contributed by atoms with Crippen molar-refractivity contribution < 1.29 is 9.90 Å². The van der Waals surface area contributed by atoms with E-state index in [1.165, 1.54) is 6.20 Å². The summed E-state index contributed by atoms with van der Waals surface area (Å²) in [6.45, 7) is 13.6. The van der Waals surface area contributed by atoms with Crippen LogP contribution in [0.4, 0.5) is 5.95 Å². The molecule has 0 radical (unpaired) electrons. The normalized spacial score (nSPS) is 14.1. The Bertz CT molecular complexity index is 1240.